The molecule has 0 saturated heterocycles. The molecule has 2 amide bonds. The molecule has 0 aliphatic rings. The number of hydroxylamine groups is 1. The molecule has 23 heavy (non-hydrogen) atoms. The number of benzene rings is 2. The summed E-state index contributed by atoms with van der Waals surface area (Å²) in [6, 6.07) is 13.3. The highest BCUT2D eigenvalue weighted by Crippen LogP contribution is 2.17. The lowest BCUT2D eigenvalue weighted by Gasteiger charge is -2.14. The maximum Gasteiger partial charge on any atom is 0.274 e. The number of para-hydroxylation sites is 1. The minimum atomic E-state index is -0.583. The summed E-state index contributed by atoms with van der Waals surface area (Å²) in [5.74, 6) is -0.413. The number of nitrogens with one attached hydrogen (secondary N) is 2. The first-order valence-electron chi connectivity index (χ1n) is 7.14. The molecule has 2 rings (SSSR count). The first-order valence-corrected chi connectivity index (χ1v) is 7.14. The summed E-state index contributed by atoms with van der Waals surface area (Å²) in [5.41, 5.74) is 3.41. The Balaban J connectivity index is 1.98. The first kappa shape index (κ1) is 16.5. The third-order valence-electron chi connectivity index (χ3n) is 3.52. The van der Waals surface area contributed by atoms with E-state index in [0.29, 0.717) is 16.9 Å². The van der Waals surface area contributed by atoms with Gasteiger partial charge in [0, 0.05) is 11.6 Å². The van der Waals surface area contributed by atoms with Gasteiger partial charge >= 0.3 is 0 Å². The van der Waals surface area contributed by atoms with Crippen LogP contribution in [-0.4, -0.2) is 22.1 Å². The minimum Gasteiger partial charge on any atom is -0.593 e. The average Bonchev–Trinajstić information content (AvgIpc) is 2.56. The van der Waals surface area contributed by atoms with Crippen LogP contribution >= 0.6 is 0 Å². The Kier molecular flexibility index (Phi) is 5.32. The second-order valence-electron chi connectivity index (χ2n) is 5.19. The summed E-state index contributed by atoms with van der Waals surface area (Å²) in [6.07, 6.45) is 0.148. The van der Waals surface area contributed by atoms with Crippen LogP contribution in [0.5, 0.6) is 5.75 Å². The van der Waals surface area contributed by atoms with E-state index in [1.165, 1.54) is 0 Å². The van der Waals surface area contributed by atoms with Gasteiger partial charge < -0.3 is 10.4 Å². The van der Waals surface area contributed by atoms with E-state index in [9.17, 15) is 9.59 Å². The SMILES string of the molecule is CC(NC(=O)Cc1ccccc1[OH2+])c1ccc(C(=O)NO)cc1. The van der Waals surface area contributed by atoms with Crippen molar-refractivity contribution in [1.82, 2.24) is 10.8 Å². The molecule has 1 unspecified atom stereocenters. The average molecular weight is 315 g/mol. The van der Waals surface area contributed by atoms with Crippen molar-refractivity contribution in [2.24, 2.45) is 0 Å². The zero-order valence-electron chi connectivity index (χ0n) is 12.7. The van der Waals surface area contributed by atoms with Gasteiger partial charge in [-0.3, -0.25) is 14.8 Å². The molecule has 0 heterocycles. The van der Waals surface area contributed by atoms with Crippen molar-refractivity contribution in [2.45, 2.75) is 19.4 Å². The largest absolute Gasteiger partial charge is 0.593 e. The fraction of sp³-hybridized carbons (Fsp3) is 0.176. The van der Waals surface area contributed by atoms with Gasteiger partial charge in [-0.2, -0.15) is 0 Å². The van der Waals surface area contributed by atoms with Crippen molar-refractivity contribution in [3.63, 3.8) is 0 Å². The highest BCUT2D eigenvalue weighted by molar-refractivity contribution is 5.93. The van der Waals surface area contributed by atoms with Crippen LogP contribution < -0.4 is 10.8 Å². The molecule has 0 saturated carbocycles. The van der Waals surface area contributed by atoms with Gasteiger partial charge in [0.05, 0.1) is 18.0 Å². The molecule has 2 aromatic carbocycles. The van der Waals surface area contributed by atoms with Crippen molar-refractivity contribution in [1.29, 1.82) is 0 Å². The molecule has 6 nitrogen and oxygen atoms in total. The van der Waals surface area contributed by atoms with Crippen LogP contribution in [0, 0.1) is 0 Å². The minimum absolute atomic E-state index is 0.148. The van der Waals surface area contributed by atoms with Crippen LogP contribution in [0.4, 0.5) is 0 Å². The number of carbonyl (C=O) groups is 2. The van der Waals surface area contributed by atoms with Gasteiger partial charge in [-0.15, -0.1) is 0 Å². The molecule has 0 aliphatic carbocycles. The van der Waals surface area contributed by atoms with Crippen molar-refractivity contribution in [3.05, 3.63) is 65.2 Å². The molecular weight excluding hydrogens is 296 g/mol. The number of amides is 2. The lowest BCUT2D eigenvalue weighted by molar-refractivity contribution is -0.121. The van der Waals surface area contributed by atoms with E-state index in [2.05, 4.69) is 5.32 Å². The van der Waals surface area contributed by atoms with E-state index < -0.39 is 5.91 Å². The molecule has 1 atom stereocenters. The van der Waals surface area contributed by atoms with Crippen LogP contribution in [0.2, 0.25) is 0 Å². The molecular formula is C17H19N2O4+. The maximum atomic E-state index is 12.1. The second kappa shape index (κ2) is 7.42. The summed E-state index contributed by atoms with van der Waals surface area (Å²) >= 11 is 0. The number of carbonyl (C=O) groups excluding carboxylic acids is 2. The fourth-order valence-electron chi connectivity index (χ4n) is 2.21. The summed E-state index contributed by atoms with van der Waals surface area (Å²) in [5, 5.41) is 19.2. The van der Waals surface area contributed by atoms with Crippen molar-refractivity contribution in [3.8, 4) is 5.75 Å². The summed E-state index contributed by atoms with van der Waals surface area (Å²) in [6.45, 7) is 1.84. The molecule has 6 heteroatoms. The molecule has 0 aliphatic heterocycles. The summed E-state index contributed by atoms with van der Waals surface area (Å²) in [7, 11) is 0. The Hall–Kier alpha value is -2.86. The third-order valence-corrected chi connectivity index (χ3v) is 3.52. The van der Waals surface area contributed by atoms with Gasteiger partial charge in [-0.25, -0.2) is 5.48 Å². The Labute approximate surface area is 133 Å². The van der Waals surface area contributed by atoms with E-state index in [1.807, 2.05) is 6.92 Å². The maximum absolute atomic E-state index is 12.1. The molecule has 0 spiro atoms. The Morgan fingerprint density at radius 2 is 1.78 bits per heavy atom. The molecule has 5 N–H and O–H groups in total. The number of hydrogen-bond donors (Lipinski definition) is 3. The number of rotatable bonds is 5. The smallest absolute Gasteiger partial charge is 0.274 e. The Bertz CT molecular complexity index is 698. The van der Waals surface area contributed by atoms with Gasteiger partial charge in [-0.1, -0.05) is 24.3 Å². The van der Waals surface area contributed by atoms with E-state index in [-0.39, 0.29) is 18.4 Å². The molecule has 0 bridgehead atoms. The standard InChI is InChI=1S/C17H18N2O4/c1-11(12-6-8-13(9-7-12)17(22)19-23)18-16(21)10-14-4-2-3-5-15(14)20/h2-9,11,20,23H,10H2,1H3,(H,18,21)(H,19,22)/p+1. The van der Waals surface area contributed by atoms with E-state index in [0.717, 1.165) is 5.56 Å². The Morgan fingerprint density at radius 3 is 2.39 bits per heavy atom. The van der Waals surface area contributed by atoms with E-state index in [1.54, 1.807) is 54.0 Å². The zero-order chi connectivity index (χ0) is 16.8. The monoisotopic (exact) mass is 315 g/mol. The molecule has 0 fully saturated rings. The van der Waals surface area contributed by atoms with Crippen LogP contribution in [0.1, 0.15) is 34.5 Å². The van der Waals surface area contributed by atoms with Crippen LogP contribution in [0.15, 0.2) is 48.5 Å². The van der Waals surface area contributed by atoms with Gasteiger partial charge in [0.2, 0.25) is 5.91 Å². The predicted octanol–water partition coefficient (Wildman–Crippen LogP) is 1.66. The summed E-state index contributed by atoms with van der Waals surface area (Å²) in [4.78, 5) is 23.3. The van der Waals surface area contributed by atoms with Crippen molar-refractivity contribution < 1.29 is 19.9 Å². The highest BCUT2D eigenvalue weighted by atomic mass is 16.5. The van der Waals surface area contributed by atoms with Crippen molar-refractivity contribution >= 4 is 11.8 Å². The third kappa shape index (κ3) is 4.31. The normalized spacial score (nSPS) is 11.6. The molecule has 0 radical (unpaired) electrons. The topological polar surface area (TPSA) is 101 Å². The van der Waals surface area contributed by atoms with Gasteiger partial charge in [0.15, 0.2) is 0 Å². The first-order chi connectivity index (χ1) is 11.0. The quantitative estimate of drug-likeness (QED) is 0.444. The van der Waals surface area contributed by atoms with Crippen LogP contribution in [0.3, 0.4) is 0 Å². The van der Waals surface area contributed by atoms with E-state index >= 15 is 0 Å². The predicted molar refractivity (Wildman–Crippen MR) is 85.5 cm³/mol. The molecule has 0 aromatic heterocycles. The van der Waals surface area contributed by atoms with Crippen molar-refractivity contribution in [2.75, 3.05) is 0 Å². The summed E-state index contributed by atoms with van der Waals surface area (Å²) < 4.78 is 0. The highest BCUT2D eigenvalue weighted by Gasteiger charge is 2.14. The Morgan fingerprint density at radius 1 is 1.13 bits per heavy atom. The lowest BCUT2D eigenvalue weighted by Crippen LogP contribution is -2.28. The van der Waals surface area contributed by atoms with Crippen LogP contribution in [0.25, 0.3) is 0 Å². The fourth-order valence-corrected chi connectivity index (χ4v) is 2.21. The zero-order valence-corrected chi connectivity index (χ0v) is 12.7. The molecule has 2 aromatic rings. The lowest BCUT2D eigenvalue weighted by atomic mass is 10.0. The van der Waals surface area contributed by atoms with E-state index in [4.69, 9.17) is 10.3 Å². The number of hydrogen-bond acceptors (Lipinski definition) is 3. The van der Waals surface area contributed by atoms with Gasteiger partial charge in [-0.05, 0) is 30.7 Å². The second-order valence-corrected chi connectivity index (χ2v) is 5.19. The van der Waals surface area contributed by atoms with Gasteiger partial charge in [0.1, 0.15) is 0 Å². The van der Waals surface area contributed by atoms with Crippen LogP contribution in [-0.2, 0) is 11.2 Å². The van der Waals surface area contributed by atoms with Gasteiger partial charge in [0.25, 0.3) is 11.7 Å². The molecule has 120 valence electrons.